The minimum atomic E-state index is -1.40. The standard InChI is InChI=1S/C19H17FO4S/c20-14-5-9-16(10-6-14)24-15-7-3-13(4-8-15)19(17(21)18(22)23)11-1-2-12-25-19/h3-10H,1-2,11-12H2,(H,22,23). The van der Waals surface area contributed by atoms with Crippen LogP contribution in [0.25, 0.3) is 0 Å². The predicted octanol–water partition coefficient (Wildman–Crippen LogP) is 4.38. The average Bonchev–Trinajstić information content (AvgIpc) is 2.64. The summed E-state index contributed by atoms with van der Waals surface area (Å²) >= 11 is 1.40. The molecule has 0 aromatic heterocycles. The van der Waals surface area contributed by atoms with Gasteiger partial charge in [-0.25, -0.2) is 9.18 Å². The summed E-state index contributed by atoms with van der Waals surface area (Å²) in [5, 5.41) is 9.21. The highest BCUT2D eigenvalue weighted by atomic mass is 32.2. The van der Waals surface area contributed by atoms with Crippen molar-refractivity contribution in [2.75, 3.05) is 5.75 Å². The normalized spacial score (nSPS) is 20.0. The molecule has 0 amide bonds. The van der Waals surface area contributed by atoms with Crippen LogP contribution in [-0.4, -0.2) is 22.6 Å². The summed E-state index contributed by atoms with van der Waals surface area (Å²) in [7, 11) is 0. The van der Waals surface area contributed by atoms with E-state index in [9.17, 15) is 19.1 Å². The van der Waals surface area contributed by atoms with Gasteiger partial charge >= 0.3 is 5.97 Å². The number of aliphatic carboxylic acids is 1. The molecule has 25 heavy (non-hydrogen) atoms. The summed E-state index contributed by atoms with van der Waals surface area (Å²) < 4.78 is 17.5. The third-order valence-electron chi connectivity index (χ3n) is 4.20. The molecule has 1 aliphatic heterocycles. The van der Waals surface area contributed by atoms with E-state index in [2.05, 4.69) is 0 Å². The Morgan fingerprint density at radius 3 is 2.12 bits per heavy atom. The van der Waals surface area contributed by atoms with Gasteiger partial charge in [0.25, 0.3) is 5.78 Å². The minimum absolute atomic E-state index is 0.342. The van der Waals surface area contributed by atoms with Crippen LogP contribution in [0.1, 0.15) is 24.8 Å². The van der Waals surface area contributed by atoms with Gasteiger partial charge in [0.1, 0.15) is 22.1 Å². The van der Waals surface area contributed by atoms with Crippen LogP contribution in [0.2, 0.25) is 0 Å². The number of thioether (sulfide) groups is 1. The number of Topliss-reactive ketones (excluding diaryl/α,β-unsaturated/α-hetero) is 1. The number of benzene rings is 2. The van der Waals surface area contributed by atoms with E-state index in [0.717, 1.165) is 18.6 Å². The average molecular weight is 360 g/mol. The maximum absolute atomic E-state index is 12.9. The molecule has 1 atom stereocenters. The van der Waals surface area contributed by atoms with Gasteiger partial charge < -0.3 is 9.84 Å². The lowest BCUT2D eigenvalue weighted by atomic mass is 9.88. The molecule has 1 saturated heterocycles. The van der Waals surface area contributed by atoms with Gasteiger partial charge in [-0.2, -0.15) is 0 Å². The van der Waals surface area contributed by atoms with Crippen molar-refractivity contribution in [2.45, 2.75) is 24.0 Å². The predicted molar refractivity (Wildman–Crippen MR) is 93.5 cm³/mol. The van der Waals surface area contributed by atoms with E-state index in [4.69, 9.17) is 4.74 Å². The SMILES string of the molecule is O=C(O)C(=O)C1(c2ccc(Oc3ccc(F)cc3)cc2)CCCCS1. The van der Waals surface area contributed by atoms with Gasteiger partial charge in [0, 0.05) is 0 Å². The van der Waals surface area contributed by atoms with Gasteiger partial charge in [0.05, 0.1) is 0 Å². The number of carboxylic acids is 1. The van der Waals surface area contributed by atoms with Gasteiger partial charge in [0.2, 0.25) is 0 Å². The number of carboxylic acid groups (broad SMARTS) is 1. The molecule has 1 unspecified atom stereocenters. The molecule has 2 aromatic rings. The molecule has 0 saturated carbocycles. The fourth-order valence-corrected chi connectivity index (χ4v) is 4.44. The Kier molecular flexibility index (Phi) is 5.08. The molecular weight excluding hydrogens is 343 g/mol. The number of rotatable bonds is 5. The smallest absolute Gasteiger partial charge is 0.374 e. The summed E-state index contributed by atoms with van der Waals surface area (Å²) in [5.74, 6) is -0.726. The minimum Gasteiger partial charge on any atom is -0.475 e. The van der Waals surface area contributed by atoms with Crippen molar-refractivity contribution >= 4 is 23.5 Å². The van der Waals surface area contributed by atoms with Gasteiger partial charge in [-0.15, -0.1) is 11.8 Å². The summed E-state index contributed by atoms with van der Waals surface area (Å²) in [6.07, 6.45) is 2.31. The van der Waals surface area contributed by atoms with E-state index >= 15 is 0 Å². The largest absolute Gasteiger partial charge is 0.475 e. The van der Waals surface area contributed by atoms with Crippen molar-refractivity contribution in [1.29, 1.82) is 0 Å². The first-order valence-electron chi connectivity index (χ1n) is 7.97. The Morgan fingerprint density at radius 2 is 1.60 bits per heavy atom. The topological polar surface area (TPSA) is 63.6 Å². The van der Waals surface area contributed by atoms with Crippen LogP contribution < -0.4 is 4.74 Å². The van der Waals surface area contributed by atoms with Crippen LogP contribution in [0.3, 0.4) is 0 Å². The molecule has 1 aliphatic rings. The van der Waals surface area contributed by atoms with Gasteiger partial charge in [-0.05, 0) is 60.6 Å². The molecule has 130 valence electrons. The van der Waals surface area contributed by atoms with Crippen molar-refractivity contribution in [3.05, 3.63) is 59.9 Å². The van der Waals surface area contributed by atoms with Crippen LogP contribution in [0, 0.1) is 5.82 Å². The second-order valence-electron chi connectivity index (χ2n) is 5.85. The van der Waals surface area contributed by atoms with Crippen molar-refractivity contribution in [3.8, 4) is 11.5 Å². The van der Waals surface area contributed by atoms with E-state index in [1.54, 1.807) is 24.3 Å². The maximum atomic E-state index is 12.9. The first kappa shape index (κ1) is 17.5. The van der Waals surface area contributed by atoms with E-state index in [1.807, 2.05) is 0 Å². The quantitative estimate of drug-likeness (QED) is 0.802. The molecule has 1 N–H and O–H groups in total. The van der Waals surface area contributed by atoms with Crippen LogP contribution in [-0.2, 0) is 14.3 Å². The van der Waals surface area contributed by atoms with E-state index in [1.165, 1.54) is 36.0 Å². The zero-order valence-corrected chi connectivity index (χ0v) is 14.2. The molecule has 2 aromatic carbocycles. The maximum Gasteiger partial charge on any atom is 0.374 e. The zero-order chi connectivity index (χ0) is 17.9. The number of ketones is 1. The first-order chi connectivity index (χ1) is 12.0. The lowest BCUT2D eigenvalue weighted by Gasteiger charge is -2.34. The fraction of sp³-hybridized carbons (Fsp3) is 0.263. The van der Waals surface area contributed by atoms with Crippen LogP contribution in [0.5, 0.6) is 11.5 Å². The molecule has 6 heteroatoms. The number of carbonyl (C=O) groups is 2. The summed E-state index contributed by atoms with van der Waals surface area (Å²) in [6, 6.07) is 12.5. The first-order valence-corrected chi connectivity index (χ1v) is 8.95. The number of hydrogen-bond acceptors (Lipinski definition) is 4. The summed E-state index contributed by atoms with van der Waals surface area (Å²) in [5.41, 5.74) is 0.677. The number of ether oxygens (including phenoxy) is 1. The fourth-order valence-electron chi connectivity index (χ4n) is 2.94. The van der Waals surface area contributed by atoms with Gasteiger partial charge in [-0.1, -0.05) is 18.6 Å². The lowest BCUT2D eigenvalue weighted by molar-refractivity contribution is -0.150. The van der Waals surface area contributed by atoms with Crippen molar-refractivity contribution in [1.82, 2.24) is 0 Å². The number of halogens is 1. The van der Waals surface area contributed by atoms with Gasteiger partial charge in [0.15, 0.2) is 0 Å². The van der Waals surface area contributed by atoms with Crippen LogP contribution >= 0.6 is 11.8 Å². The Morgan fingerprint density at radius 1 is 1.00 bits per heavy atom. The van der Waals surface area contributed by atoms with E-state index < -0.39 is 16.5 Å². The Bertz CT molecular complexity index is 765. The summed E-state index contributed by atoms with van der Waals surface area (Å²) in [4.78, 5) is 23.6. The molecule has 3 rings (SSSR count). The third-order valence-corrected chi connectivity index (χ3v) is 5.81. The van der Waals surface area contributed by atoms with Crippen molar-refractivity contribution in [2.24, 2.45) is 0 Å². The molecule has 0 bridgehead atoms. The Hall–Kier alpha value is -2.34. The Balaban J connectivity index is 1.85. The monoisotopic (exact) mass is 360 g/mol. The number of hydrogen-bond donors (Lipinski definition) is 1. The highest BCUT2D eigenvalue weighted by molar-refractivity contribution is 8.01. The highest BCUT2D eigenvalue weighted by Gasteiger charge is 2.45. The van der Waals surface area contributed by atoms with Crippen molar-refractivity contribution < 1.29 is 23.8 Å². The molecule has 0 aliphatic carbocycles. The molecule has 0 spiro atoms. The summed E-state index contributed by atoms with van der Waals surface area (Å²) in [6.45, 7) is 0. The molecule has 1 heterocycles. The van der Waals surface area contributed by atoms with Crippen molar-refractivity contribution in [3.63, 3.8) is 0 Å². The van der Waals surface area contributed by atoms with Crippen LogP contribution in [0.4, 0.5) is 4.39 Å². The lowest BCUT2D eigenvalue weighted by Crippen LogP contribution is -2.39. The highest BCUT2D eigenvalue weighted by Crippen LogP contribution is 2.46. The van der Waals surface area contributed by atoms with Gasteiger partial charge in [-0.3, -0.25) is 4.79 Å². The second kappa shape index (κ2) is 7.27. The molecule has 0 radical (unpaired) electrons. The van der Waals surface area contributed by atoms with Crippen LogP contribution in [0.15, 0.2) is 48.5 Å². The number of carbonyl (C=O) groups excluding carboxylic acids is 1. The second-order valence-corrected chi connectivity index (χ2v) is 7.24. The molecule has 4 nitrogen and oxygen atoms in total. The molecule has 1 fully saturated rings. The Labute approximate surface area is 149 Å². The van der Waals surface area contributed by atoms with E-state index in [0.29, 0.717) is 23.5 Å². The zero-order valence-electron chi connectivity index (χ0n) is 13.4. The molecular formula is C19H17FO4S. The third kappa shape index (κ3) is 3.69. The van der Waals surface area contributed by atoms with E-state index in [-0.39, 0.29) is 5.82 Å².